The molecule has 1 aliphatic rings. The minimum absolute atomic E-state index is 0.0377. The van der Waals surface area contributed by atoms with E-state index < -0.39 is 16.1 Å². The SMILES string of the molecule is C=CC(O)C1CCNC(c2cc3ccc(C)cc3n2S(=O)(=O)c2ccccc2)C1Cc1ccccc1. The molecule has 0 amide bonds. The van der Waals surface area contributed by atoms with E-state index in [0.29, 0.717) is 24.2 Å². The Labute approximate surface area is 213 Å². The van der Waals surface area contributed by atoms with Gasteiger partial charge in [0.05, 0.1) is 28.3 Å². The third kappa shape index (κ3) is 4.52. The minimum atomic E-state index is -3.86. The molecule has 1 aliphatic heterocycles. The second kappa shape index (κ2) is 10.1. The van der Waals surface area contributed by atoms with Crippen LogP contribution in [0.4, 0.5) is 0 Å². The van der Waals surface area contributed by atoms with Crippen LogP contribution in [0.2, 0.25) is 0 Å². The number of benzene rings is 3. The minimum Gasteiger partial charge on any atom is -0.389 e. The third-order valence-electron chi connectivity index (χ3n) is 7.36. The molecule has 5 rings (SSSR count). The number of fused-ring (bicyclic) bond motifs is 1. The summed E-state index contributed by atoms with van der Waals surface area (Å²) in [4.78, 5) is 0.253. The van der Waals surface area contributed by atoms with Crippen molar-refractivity contribution in [3.8, 4) is 0 Å². The number of nitrogens with one attached hydrogen (secondary N) is 1. The standard InChI is InChI=1S/C30H32N2O3S/c1-3-29(33)25-16-17-31-30(26(25)19-22-10-6-4-7-11-22)28-20-23-15-14-21(2)18-27(23)32(28)36(34,35)24-12-8-5-9-13-24/h3-15,18,20,25-26,29-31,33H,1,16-17,19H2,2H3. The van der Waals surface area contributed by atoms with Crippen LogP contribution in [0.5, 0.6) is 0 Å². The lowest BCUT2D eigenvalue weighted by atomic mass is 9.73. The van der Waals surface area contributed by atoms with Gasteiger partial charge in [0.25, 0.3) is 10.0 Å². The quantitative estimate of drug-likeness (QED) is 0.340. The Morgan fingerprint density at radius 3 is 2.44 bits per heavy atom. The summed E-state index contributed by atoms with van der Waals surface area (Å²) in [5, 5.41) is 15.4. The van der Waals surface area contributed by atoms with E-state index in [0.717, 1.165) is 22.9 Å². The van der Waals surface area contributed by atoms with Gasteiger partial charge in [-0.25, -0.2) is 12.4 Å². The second-order valence-electron chi connectivity index (χ2n) is 9.68. The first kappa shape index (κ1) is 24.5. The van der Waals surface area contributed by atoms with Crippen LogP contribution in [0.1, 0.15) is 29.3 Å². The lowest BCUT2D eigenvalue weighted by Gasteiger charge is -2.41. The number of rotatable bonds is 7. The summed E-state index contributed by atoms with van der Waals surface area (Å²) in [5.74, 6) is -0.0918. The summed E-state index contributed by atoms with van der Waals surface area (Å²) in [7, 11) is -3.86. The number of aliphatic hydroxyl groups is 1. The number of hydrogen-bond acceptors (Lipinski definition) is 4. The molecule has 36 heavy (non-hydrogen) atoms. The number of piperidine rings is 1. The number of hydrogen-bond donors (Lipinski definition) is 2. The van der Waals surface area contributed by atoms with E-state index in [1.54, 1.807) is 30.3 Å². The molecule has 186 valence electrons. The maximum atomic E-state index is 14.1. The van der Waals surface area contributed by atoms with Crippen LogP contribution in [0.3, 0.4) is 0 Å². The highest BCUT2D eigenvalue weighted by Crippen LogP contribution is 2.41. The van der Waals surface area contributed by atoms with E-state index in [1.165, 1.54) is 3.97 Å². The molecule has 3 aromatic carbocycles. The molecular weight excluding hydrogens is 468 g/mol. The fraction of sp³-hybridized carbons (Fsp3) is 0.267. The predicted octanol–water partition coefficient (Wildman–Crippen LogP) is 5.24. The Hall–Kier alpha value is -3.19. The molecular formula is C30H32N2O3S. The molecule has 6 heteroatoms. The molecule has 4 aromatic rings. The van der Waals surface area contributed by atoms with Crippen LogP contribution in [0, 0.1) is 18.8 Å². The van der Waals surface area contributed by atoms with E-state index in [1.807, 2.05) is 55.5 Å². The molecule has 5 nitrogen and oxygen atoms in total. The fourth-order valence-electron chi connectivity index (χ4n) is 5.59. The summed E-state index contributed by atoms with van der Waals surface area (Å²) in [6.07, 6.45) is 2.42. The first-order chi connectivity index (χ1) is 17.4. The number of nitrogens with zero attached hydrogens (tertiary/aromatic N) is 1. The summed E-state index contributed by atoms with van der Waals surface area (Å²) < 4.78 is 29.7. The zero-order valence-electron chi connectivity index (χ0n) is 20.4. The van der Waals surface area contributed by atoms with E-state index >= 15 is 0 Å². The molecule has 1 aromatic heterocycles. The Bertz CT molecular complexity index is 1460. The van der Waals surface area contributed by atoms with Gasteiger partial charge < -0.3 is 10.4 Å². The van der Waals surface area contributed by atoms with Gasteiger partial charge in [-0.05, 0) is 73.5 Å². The van der Waals surface area contributed by atoms with E-state index in [2.05, 4.69) is 24.0 Å². The predicted molar refractivity (Wildman–Crippen MR) is 144 cm³/mol. The van der Waals surface area contributed by atoms with Crippen molar-refractivity contribution in [2.45, 2.75) is 36.8 Å². The van der Waals surface area contributed by atoms with Gasteiger partial charge in [0, 0.05) is 5.39 Å². The van der Waals surface area contributed by atoms with E-state index in [9.17, 15) is 13.5 Å². The molecule has 0 radical (unpaired) electrons. The maximum Gasteiger partial charge on any atom is 0.268 e. The third-order valence-corrected chi connectivity index (χ3v) is 9.11. The van der Waals surface area contributed by atoms with Gasteiger partial charge in [0.2, 0.25) is 0 Å². The van der Waals surface area contributed by atoms with Crippen molar-refractivity contribution in [2.75, 3.05) is 6.54 Å². The summed E-state index contributed by atoms with van der Waals surface area (Å²) in [6.45, 7) is 6.49. The summed E-state index contributed by atoms with van der Waals surface area (Å²) in [5.41, 5.74) is 3.51. The zero-order valence-corrected chi connectivity index (χ0v) is 21.2. The first-order valence-electron chi connectivity index (χ1n) is 12.4. The molecule has 2 N–H and O–H groups in total. The molecule has 1 saturated heterocycles. The monoisotopic (exact) mass is 500 g/mol. The van der Waals surface area contributed by atoms with Gasteiger partial charge in [-0.1, -0.05) is 66.7 Å². The van der Waals surface area contributed by atoms with E-state index in [-0.39, 0.29) is 22.8 Å². The van der Waals surface area contributed by atoms with Crippen LogP contribution < -0.4 is 5.32 Å². The topological polar surface area (TPSA) is 71.3 Å². The average Bonchev–Trinajstić information content (AvgIpc) is 3.28. The summed E-state index contributed by atoms with van der Waals surface area (Å²) >= 11 is 0. The highest BCUT2D eigenvalue weighted by atomic mass is 32.2. The molecule has 4 atom stereocenters. The van der Waals surface area contributed by atoms with E-state index in [4.69, 9.17) is 0 Å². The molecule has 0 bridgehead atoms. The Balaban J connectivity index is 1.71. The highest BCUT2D eigenvalue weighted by Gasteiger charge is 2.40. The number of aromatic nitrogens is 1. The smallest absolute Gasteiger partial charge is 0.268 e. The van der Waals surface area contributed by atoms with Crippen molar-refractivity contribution < 1.29 is 13.5 Å². The number of aryl methyl sites for hydroxylation is 1. The Morgan fingerprint density at radius 1 is 1.06 bits per heavy atom. The lowest BCUT2D eigenvalue weighted by Crippen LogP contribution is -2.45. The van der Waals surface area contributed by atoms with Crippen molar-refractivity contribution in [3.63, 3.8) is 0 Å². The van der Waals surface area contributed by atoms with Crippen molar-refractivity contribution in [3.05, 3.63) is 114 Å². The van der Waals surface area contributed by atoms with Crippen LogP contribution in [-0.2, 0) is 16.4 Å². The molecule has 0 aliphatic carbocycles. The molecule has 2 heterocycles. The van der Waals surface area contributed by atoms with Gasteiger partial charge in [-0.15, -0.1) is 6.58 Å². The van der Waals surface area contributed by atoms with Crippen LogP contribution in [0.15, 0.2) is 102 Å². The number of aliphatic hydroxyl groups excluding tert-OH is 1. The highest BCUT2D eigenvalue weighted by molar-refractivity contribution is 7.90. The molecule has 0 spiro atoms. The normalized spacial score (nSPS) is 21.3. The van der Waals surface area contributed by atoms with Gasteiger partial charge >= 0.3 is 0 Å². The van der Waals surface area contributed by atoms with Gasteiger partial charge in [0.1, 0.15) is 0 Å². The van der Waals surface area contributed by atoms with Gasteiger partial charge in [-0.3, -0.25) is 0 Å². The van der Waals surface area contributed by atoms with Crippen LogP contribution >= 0.6 is 0 Å². The van der Waals surface area contributed by atoms with Gasteiger partial charge in [0.15, 0.2) is 0 Å². The van der Waals surface area contributed by atoms with Crippen molar-refractivity contribution >= 4 is 20.9 Å². The Morgan fingerprint density at radius 2 is 1.75 bits per heavy atom. The van der Waals surface area contributed by atoms with Crippen LogP contribution in [-0.4, -0.2) is 30.1 Å². The molecule has 1 fully saturated rings. The molecule has 4 unspecified atom stereocenters. The summed E-state index contributed by atoms with van der Waals surface area (Å²) in [6, 6.07) is 26.4. The Kier molecular flexibility index (Phi) is 6.84. The van der Waals surface area contributed by atoms with Crippen molar-refractivity contribution in [1.82, 2.24) is 9.29 Å². The van der Waals surface area contributed by atoms with Gasteiger partial charge in [-0.2, -0.15) is 0 Å². The van der Waals surface area contributed by atoms with Crippen molar-refractivity contribution in [1.29, 1.82) is 0 Å². The average molecular weight is 501 g/mol. The first-order valence-corrected chi connectivity index (χ1v) is 13.8. The maximum absolute atomic E-state index is 14.1. The van der Waals surface area contributed by atoms with Crippen LogP contribution in [0.25, 0.3) is 10.9 Å². The van der Waals surface area contributed by atoms with Crippen molar-refractivity contribution in [2.24, 2.45) is 11.8 Å². The lowest BCUT2D eigenvalue weighted by molar-refractivity contribution is 0.0641. The zero-order chi connectivity index (χ0) is 25.3. The second-order valence-corrected chi connectivity index (χ2v) is 11.5. The largest absolute Gasteiger partial charge is 0.389 e. The fourth-order valence-corrected chi connectivity index (χ4v) is 7.16. The molecule has 0 saturated carbocycles.